The predicted octanol–water partition coefficient (Wildman–Crippen LogP) is 3.82. The second kappa shape index (κ2) is 11.3. The molecule has 2 fully saturated rings. The number of hydrogen-bond acceptors (Lipinski definition) is 7. The first-order valence-corrected chi connectivity index (χ1v) is 13.5. The van der Waals surface area contributed by atoms with E-state index in [9.17, 15) is 29.9 Å². The zero-order valence-electron chi connectivity index (χ0n) is 22.7. The van der Waals surface area contributed by atoms with E-state index in [0.717, 1.165) is 26.2 Å². The molecule has 39 heavy (non-hydrogen) atoms. The van der Waals surface area contributed by atoms with Gasteiger partial charge in [-0.3, -0.25) is 24.6 Å². The molecule has 4 rings (SSSR count). The summed E-state index contributed by atoms with van der Waals surface area (Å²) in [5.41, 5.74) is -1.63. The third kappa shape index (κ3) is 5.23. The molecule has 2 aromatic rings. The first-order valence-electron chi connectivity index (χ1n) is 13.5. The van der Waals surface area contributed by atoms with Gasteiger partial charge in [-0.2, -0.15) is 0 Å². The SMILES string of the molecule is CC1NC(C)C(CCCN2CCN(c3ccccc3)CC2)(C(=O)O)C(c2cccc([N+](=O)[O-])c2)C1(C)C(=O)O. The molecule has 2 aliphatic heterocycles. The summed E-state index contributed by atoms with van der Waals surface area (Å²) in [5, 5.41) is 36.1. The van der Waals surface area contributed by atoms with Crippen molar-refractivity contribution in [3.8, 4) is 0 Å². The lowest BCUT2D eigenvalue weighted by Crippen LogP contribution is -2.68. The molecule has 0 amide bonds. The van der Waals surface area contributed by atoms with Crippen LogP contribution in [0.1, 0.15) is 45.1 Å². The molecule has 2 aliphatic rings. The summed E-state index contributed by atoms with van der Waals surface area (Å²) in [6.07, 6.45) is 0.789. The van der Waals surface area contributed by atoms with Gasteiger partial charge in [-0.15, -0.1) is 0 Å². The Morgan fingerprint density at radius 3 is 2.26 bits per heavy atom. The topological polar surface area (TPSA) is 136 Å². The van der Waals surface area contributed by atoms with Crippen molar-refractivity contribution < 1.29 is 24.7 Å². The molecule has 0 aromatic heterocycles. The summed E-state index contributed by atoms with van der Waals surface area (Å²) >= 11 is 0. The molecule has 5 atom stereocenters. The number of rotatable bonds is 9. The largest absolute Gasteiger partial charge is 0.481 e. The monoisotopic (exact) mass is 538 g/mol. The van der Waals surface area contributed by atoms with E-state index in [1.807, 2.05) is 18.2 Å². The highest BCUT2D eigenvalue weighted by Crippen LogP contribution is 2.57. The number of anilines is 1. The molecule has 0 saturated carbocycles. The molecule has 0 aliphatic carbocycles. The van der Waals surface area contributed by atoms with Crippen molar-refractivity contribution in [1.29, 1.82) is 0 Å². The number of non-ortho nitro benzene ring substituents is 1. The van der Waals surface area contributed by atoms with Gasteiger partial charge in [0.15, 0.2) is 0 Å². The number of nitro benzene ring substituents is 1. The Balaban J connectivity index is 1.60. The molecule has 10 heteroatoms. The van der Waals surface area contributed by atoms with Gasteiger partial charge in [-0.05, 0) is 57.9 Å². The van der Waals surface area contributed by atoms with Crippen LogP contribution < -0.4 is 10.2 Å². The summed E-state index contributed by atoms with van der Waals surface area (Å²) in [6.45, 7) is 9.21. The molecule has 2 aromatic carbocycles. The lowest BCUT2D eigenvalue weighted by molar-refractivity contribution is -0.385. The van der Waals surface area contributed by atoms with E-state index in [4.69, 9.17) is 0 Å². The number of para-hydroxylation sites is 1. The molecular weight excluding hydrogens is 500 g/mol. The number of nitrogens with one attached hydrogen (secondary N) is 1. The van der Waals surface area contributed by atoms with Crippen molar-refractivity contribution in [2.45, 2.75) is 51.6 Å². The van der Waals surface area contributed by atoms with Crippen molar-refractivity contribution in [2.24, 2.45) is 10.8 Å². The zero-order chi connectivity index (χ0) is 28.4. The van der Waals surface area contributed by atoms with Gasteiger partial charge in [0.05, 0.1) is 15.8 Å². The minimum atomic E-state index is -1.51. The summed E-state index contributed by atoms with van der Waals surface area (Å²) in [4.78, 5) is 41.7. The van der Waals surface area contributed by atoms with Gasteiger partial charge in [0.1, 0.15) is 0 Å². The first-order chi connectivity index (χ1) is 18.5. The highest BCUT2D eigenvalue weighted by Gasteiger charge is 2.64. The Kier molecular flexibility index (Phi) is 8.27. The van der Waals surface area contributed by atoms with Crippen LogP contribution in [-0.4, -0.2) is 76.8 Å². The number of nitro groups is 1. The Morgan fingerprint density at radius 1 is 1.00 bits per heavy atom. The number of benzene rings is 2. The van der Waals surface area contributed by atoms with Crippen LogP contribution in [0.25, 0.3) is 0 Å². The van der Waals surface area contributed by atoms with Crippen molar-refractivity contribution >= 4 is 23.3 Å². The van der Waals surface area contributed by atoms with Crippen LogP contribution in [0.15, 0.2) is 54.6 Å². The highest BCUT2D eigenvalue weighted by molar-refractivity contribution is 5.84. The van der Waals surface area contributed by atoms with Gasteiger partial charge in [0.2, 0.25) is 0 Å². The standard InChI is InChI=1S/C29H38N4O6/c1-20-28(3,26(34)35)25(22-9-7-12-24(19-22)33(38)39)29(27(36)37,21(2)30-20)13-8-14-31-15-17-32(18-16-31)23-10-5-4-6-11-23/h4-7,9-12,19-21,25,30H,8,13-18H2,1-3H3,(H,34,35)(H,36,37). The van der Waals surface area contributed by atoms with Crippen LogP contribution in [0.5, 0.6) is 0 Å². The molecule has 0 bridgehead atoms. The second-order valence-electron chi connectivity index (χ2n) is 11.1. The Bertz CT molecular complexity index is 1200. The average molecular weight is 539 g/mol. The van der Waals surface area contributed by atoms with Crippen molar-refractivity contribution in [1.82, 2.24) is 10.2 Å². The van der Waals surface area contributed by atoms with Gasteiger partial charge in [-0.1, -0.05) is 30.3 Å². The molecule has 0 radical (unpaired) electrons. The van der Waals surface area contributed by atoms with Crippen LogP contribution in [0.4, 0.5) is 11.4 Å². The summed E-state index contributed by atoms with van der Waals surface area (Å²) in [5.74, 6) is -3.21. The molecule has 2 heterocycles. The number of piperidine rings is 1. The third-order valence-electron chi connectivity index (χ3n) is 9.12. The van der Waals surface area contributed by atoms with E-state index >= 15 is 0 Å². The summed E-state index contributed by atoms with van der Waals surface area (Å²) < 4.78 is 0. The maximum Gasteiger partial charge on any atom is 0.311 e. The van der Waals surface area contributed by atoms with Crippen molar-refractivity contribution in [3.05, 3.63) is 70.3 Å². The molecule has 210 valence electrons. The fourth-order valence-electron chi connectivity index (χ4n) is 6.74. The van der Waals surface area contributed by atoms with E-state index in [0.29, 0.717) is 18.5 Å². The Labute approximate surface area is 228 Å². The number of hydrogen-bond donors (Lipinski definition) is 3. The molecule has 2 saturated heterocycles. The molecule has 5 unspecified atom stereocenters. The zero-order valence-corrected chi connectivity index (χ0v) is 22.7. The maximum absolute atomic E-state index is 13.2. The number of carboxylic acids is 2. The molecule has 0 spiro atoms. The minimum Gasteiger partial charge on any atom is -0.481 e. The molecule has 3 N–H and O–H groups in total. The lowest BCUT2D eigenvalue weighted by atomic mass is 9.51. The van der Waals surface area contributed by atoms with Gasteiger partial charge in [0, 0.05) is 62.0 Å². The van der Waals surface area contributed by atoms with Gasteiger partial charge in [0.25, 0.3) is 5.69 Å². The summed E-state index contributed by atoms with van der Waals surface area (Å²) in [6, 6.07) is 14.9. The maximum atomic E-state index is 13.2. The highest BCUT2D eigenvalue weighted by atomic mass is 16.6. The minimum absolute atomic E-state index is 0.186. The molecule has 10 nitrogen and oxygen atoms in total. The Morgan fingerprint density at radius 2 is 1.67 bits per heavy atom. The van der Waals surface area contributed by atoms with Crippen LogP contribution in [0.2, 0.25) is 0 Å². The van der Waals surface area contributed by atoms with E-state index in [1.165, 1.54) is 23.9 Å². The van der Waals surface area contributed by atoms with Crippen molar-refractivity contribution in [2.75, 3.05) is 37.6 Å². The lowest BCUT2D eigenvalue weighted by Gasteiger charge is -2.56. The van der Waals surface area contributed by atoms with E-state index in [2.05, 4.69) is 27.2 Å². The quantitative estimate of drug-likeness (QED) is 0.321. The molecular formula is C29H38N4O6. The van der Waals surface area contributed by atoms with Gasteiger partial charge >= 0.3 is 11.9 Å². The van der Waals surface area contributed by atoms with Crippen LogP contribution in [-0.2, 0) is 9.59 Å². The number of carbonyl (C=O) groups is 2. The number of nitrogens with zero attached hydrogens (tertiary/aromatic N) is 3. The fraction of sp³-hybridized carbons (Fsp3) is 0.517. The average Bonchev–Trinajstić information content (AvgIpc) is 2.92. The van der Waals surface area contributed by atoms with E-state index in [-0.39, 0.29) is 12.1 Å². The second-order valence-corrected chi connectivity index (χ2v) is 11.1. The number of aliphatic carboxylic acids is 2. The predicted molar refractivity (Wildman–Crippen MR) is 148 cm³/mol. The third-order valence-corrected chi connectivity index (χ3v) is 9.12. The van der Waals surface area contributed by atoms with Crippen LogP contribution in [0, 0.1) is 20.9 Å². The summed E-state index contributed by atoms with van der Waals surface area (Å²) in [7, 11) is 0. The number of carboxylic acid groups (broad SMARTS) is 2. The smallest absolute Gasteiger partial charge is 0.311 e. The number of piperazine rings is 1. The van der Waals surface area contributed by atoms with Gasteiger partial charge < -0.3 is 20.4 Å². The van der Waals surface area contributed by atoms with E-state index < -0.39 is 45.7 Å². The van der Waals surface area contributed by atoms with Crippen molar-refractivity contribution in [3.63, 3.8) is 0 Å². The Hall–Kier alpha value is -3.50. The van der Waals surface area contributed by atoms with Crippen LogP contribution in [0.3, 0.4) is 0 Å². The van der Waals surface area contributed by atoms with Gasteiger partial charge in [-0.25, -0.2) is 0 Å². The first kappa shape index (κ1) is 28.5. The normalized spacial score (nSPS) is 29.6. The fourth-order valence-corrected chi connectivity index (χ4v) is 6.74. The van der Waals surface area contributed by atoms with E-state index in [1.54, 1.807) is 26.8 Å². The van der Waals surface area contributed by atoms with Crippen LogP contribution >= 0.6 is 0 Å².